The number of hydrogen-bond acceptors (Lipinski definition) is 6. The van der Waals surface area contributed by atoms with Gasteiger partial charge in [0.1, 0.15) is 6.04 Å². The molecule has 0 spiro atoms. The fourth-order valence-corrected chi connectivity index (χ4v) is 1.90. The lowest BCUT2D eigenvalue weighted by molar-refractivity contribution is -0.167. The highest BCUT2D eigenvalue weighted by Crippen LogP contribution is 2.18. The lowest BCUT2D eigenvalue weighted by atomic mass is 10.1. The molecule has 0 aliphatic rings. The molecular formula is C16H17F3N2O6. The summed E-state index contributed by atoms with van der Waals surface area (Å²) < 4.78 is 45.6. The molecule has 2 amide bonds. The molecule has 0 aliphatic carbocycles. The maximum atomic E-state index is 12.2. The maximum Gasteiger partial charge on any atom is 0.471 e. The van der Waals surface area contributed by atoms with Gasteiger partial charge in [0.25, 0.3) is 5.91 Å². The maximum absolute atomic E-state index is 12.2. The van der Waals surface area contributed by atoms with Crippen molar-refractivity contribution in [2.24, 2.45) is 0 Å². The molecule has 1 aromatic rings. The van der Waals surface area contributed by atoms with Crippen molar-refractivity contribution in [3.8, 4) is 0 Å². The summed E-state index contributed by atoms with van der Waals surface area (Å²) in [6.45, 7) is 0. The summed E-state index contributed by atoms with van der Waals surface area (Å²) in [5, 5.41) is 3.99. The van der Waals surface area contributed by atoms with E-state index in [1.807, 2.05) is 0 Å². The fraction of sp³-hybridized carbons (Fsp3) is 0.375. The third-order valence-corrected chi connectivity index (χ3v) is 3.32. The zero-order chi connectivity index (χ0) is 20.6. The number of halogens is 3. The first-order chi connectivity index (χ1) is 12.6. The monoisotopic (exact) mass is 390 g/mol. The number of anilines is 1. The van der Waals surface area contributed by atoms with Gasteiger partial charge in [-0.05, 0) is 30.7 Å². The number of alkyl halides is 3. The Morgan fingerprint density at radius 3 is 2.11 bits per heavy atom. The highest BCUT2D eigenvalue weighted by molar-refractivity contribution is 5.98. The average molecular weight is 390 g/mol. The molecule has 11 heteroatoms. The normalized spacial score (nSPS) is 11.9. The summed E-state index contributed by atoms with van der Waals surface area (Å²) in [5.74, 6) is -4.22. The number of amides is 2. The number of nitrogens with one attached hydrogen (secondary N) is 2. The largest absolute Gasteiger partial charge is 0.471 e. The second-order valence-corrected chi connectivity index (χ2v) is 5.19. The molecule has 8 nitrogen and oxygen atoms in total. The van der Waals surface area contributed by atoms with E-state index >= 15 is 0 Å². The molecule has 27 heavy (non-hydrogen) atoms. The number of methoxy groups -OCH3 is 2. The van der Waals surface area contributed by atoms with Crippen LogP contribution >= 0.6 is 0 Å². The Morgan fingerprint density at radius 1 is 1.04 bits per heavy atom. The van der Waals surface area contributed by atoms with Crippen LogP contribution in [0.2, 0.25) is 0 Å². The summed E-state index contributed by atoms with van der Waals surface area (Å²) in [7, 11) is 2.28. The average Bonchev–Trinajstić information content (AvgIpc) is 2.63. The van der Waals surface area contributed by atoms with Crippen LogP contribution in [0, 0.1) is 0 Å². The van der Waals surface area contributed by atoms with Crippen LogP contribution in [0.25, 0.3) is 0 Å². The lowest BCUT2D eigenvalue weighted by Gasteiger charge is -2.16. The fourth-order valence-electron chi connectivity index (χ4n) is 1.90. The molecule has 2 N–H and O–H groups in total. The van der Waals surface area contributed by atoms with Crippen LogP contribution in [0.15, 0.2) is 24.3 Å². The van der Waals surface area contributed by atoms with Crippen molar-refractivity contribution in [2.45, 2.75) is 25.1 Å². The molecule has 0 radical (unpaired) electrons. The van der Waals surface area contributed by atoms with E-state index in [2.05, 4.69) is 14.8 Å². The first-order valence-corrected chi connectivity index (χ1v) is 7.52. The molecule has 0 aromatic heterocycles. The molecule has 0 saturated heterocycles. The molecule has 0 bridgehead atoms. The van der Waals surface area contributed by atoms with Crippen LogP contribution in [-0.2, 0) is 23.9 Å². The van der Waals surface area contributed by atoms with E-state index in [-0.39, 0.29) is 24.1 Å². The van der Waals surface area contributed by atoms with E-state index in [4.69, 9.17) is 0 Å². The SMILES string of the molecule is COC(=O)CC[C@H](NC(=O)c1ccc(NC(=O)C(F)(F)F)cc1)C(=O)OC. The number of esters is 2. The number of benzene rings is 1. The Hall–Kier alpha value is -3.11. The highest BCUT2D eigenvalue weighted by atomic mass is 19.4. The zero-order valence-electron chi connectivity index (χ0n) is 14.4. The predicted molar refractivity (Wildman–Crippen MR) is 85.6 cm³/mol. The van der Waals surface area contributed by atoms with Crippen LogP contribution in [0.4, 0.5) is 18.9 Å². The van der Waals surface area contributed by atoms with Crippen molar-refractivity contribution in [3.05, 3.63) is 29.8 Å². The predicted octanol–water partition coefficient (Wildman–Crippen LogP) is 1.41. The first-order valence-electron chi connectivity index (χ1n) is 7.52. The van der Waals surface area contributed by atoms with Crippen LogP contribution < -0.4 is 10.6 Å². The van der Waals surface area contributed by atoms with Gasteiger partial charge in [-0.3, -0.25) is 14.4 Å². The van der Waals surface area contributed by atoms with Gasteiger partial charge in [-0.1, -0.05) is 0 Å². The van der Waals surface area contributed by atoms with E-state index in [0.29, 0.717) is 0 Å². The Kier molecular flexibility index (Phi) is 7.76. The third-order valence-electron chi connectivity index (χ3n) is 3.32. The molecule has 148 valence electrons. The van der Waals surface area contributed by atoms with E-state index < -0.39 is 36.0 Å². The van der Waals surface area contributed by atoms with Crippen molar-refractivity contribution in [1.82, 2.24) is 5.32 Å². The Labute approximate surface area is 152 Å². The highest BCUT2D eigenvalue weighted by Gasteiger charge is 2.38. The van der Waals surface area contributed by atoms with Gasteiger partial charge >= 0.3 is 24.0 Å². The smallest absolute Gasteiger partial charge is 0.469 e. The van der Waals surface area contributed by atoms with Crippen molar-refractivity contribution in [1.29, 1.82) is 0 Å². The van der Waals surface area contributed by atoms with Crippen LogP contribution in [0.5, 0.6) is 0 Å². The van der Waals surface area contributed by atoms with E-state index in [1.54, 1.807) is 5.32 Å². The van der Waals surface area contributed by atoms with Crippen LogP contribution in [0.3, 0.4) is 0 Å². The second kappa shape index (κ2) is 9.55. The standard InChI is InChI=1S/C16H17F3N2O6/c1-26-12(22)8-7-11(14(24)27-2)21-13(23)9-3-5-10(6-4-9)20-15(25)16(17,18)19/h3-6,11H,7-8H2,1-2H3,(H,20,25)(H,21,23)/t11-/m0/s1. The summed E-state index contributed by atoms with van der Waals surface area (Å²) in [6, 6.07) is 3.40. The number of carbonyl (C=O) groups is 4. The van der Waals surface area contributed by atoms with Crippen molar-refractivity contribution >= 4 is 29.4 Å². The molecule has 1 aromatic carbocycles. The summed E-state index contributed by atoms with van der Waals surface area (Å²) in [6.07, 6.45) is -5.24. The van der Waals surface area contributed by atoms with Crippen LogP contribution in [0.1, 0.15) is 23.2 Å². The zero-order valence-corrected chi connectivity index (χ0v) is 14.4. The Morgan fingerprint density at radius 2 is 1.63 bits per heavy atom. The second-order valence-electron chi connectivity index (χ2n) is 5.19. The minimum atomic E-state index is -5.04. The number of rotatable bonds is 7. The molecule has 0 heterocycles. The van der Waals surface area contributed by atoms with Gasteiger partial charge in [-0.25, -0.2) is 4.79 Å². The quantitative estimate of drug-likeness (QED) is 0.681. The summed E-state index contributed by atoms with van der Waals surface area (Å²) in [5.41, 5.74) is -0.143. The topological polar surface area (TPSA) is 111 Å². The minimum Gasteiger partial charge on any atom is -0.469 e. The lowest BCUT2D eigenvalue weighted by Crippen LogP contribution is -2.41. The number of ether oxygens (including phenoxy) is 2. The van der Waals surface area contributed by atoms with Gasteiger partial charge < -0.3 is 20.1 Å². The minimum absolute atomic E-state index is 0.0204. The Bertz CT molecular complexity index is 703. The summed E-state index contributed by atoms with van der Waals surface area (Å²) in [4.78, 5) is 45.9. The van der Waals surface area contributed by atoms with Gasteiger partial charge in [-0.15, -0.1) is 0 Å². The van der Waals surface area contributed by atoms with Crippen LogP contribution in [-0.4, -0.2) is 50.2 Å². The van der Waals surface area contributed by atoms with E-state index in [0.717, 1.165) is 31.4 Å². The molecule has 1 rings (SSSR count). The molecular weight excluding hydrogens is 373 g/mol. The molecule has 0 fully saturated rings. The van der Waals surface area contributed by atoms with Crippen molar-refractivity contribution in [3.63, 3.8) is 0 Å². The number of hydrogen-bond donors (Lipinski definition) is 2. The van der Waals surface area contributed by atoms with Gasteiger partial charge in [0.05, 0.1) is 14.2 Å². The Balaban J connectivity index is 2.77. The van der Waals surface area contributed by atoms with E-state index in [1.165, 1.54) is 7.11 Å². The van der Waals surface area contributed by atoms with Gasteiger partial charge in [0.2, 0.25) is 0 Å². The van der Waals surface area contributed by atoms with Gasteiger partial charge in [0, 0.05) is 17.7 Å². The summed E-state index contributed by atoms with van der Waals surface area (Å²) >= 11 is 0. The molecule has 0 saturated carbocycles. The number of carbonyl (C=O) groups excluding carboxylic acids is 4. The third kappa shape index (κ3) is 6.96. The van der Waals surface area contributed by atoms with Crippen molar-refractivity contribution < 1.29 is 41.8 Å². The molecule has 0 unspecified atom stereocenters. The first kappa shape index (κ1) is 21.9. The van der Waals surface area contributed by atoms with E-state index in [9.17, 15) is 32.3 Å². The van der Waals surface area contributed by atoms with Crippen molar-refractivity contribution in [2.75, 3.05) is 19.5 Å². The molecule has 0 aliphatic heterocycles. The van der Waals surface area contributed by atoms with Gasteiger partial charge in [-0.2, -0.15) is 13.2 Å². The van der Waals surface area contributed by atoms with Gasteiger partial charge in [0.15, 0.2) is 0 Å². The molecule has 1 atom stereocenters.